The molecule has 2 heterocycles. The van der Waals surface area contributed by atoms with Crippen LogP contribution in [0, 0.1) is 6.92 Å². The molecule has 0 saturated carbocycles. The van der Waals surface area contributed by atoms with E-state index in [1.807, 2.05) is 49.4 Å². The van der Waals surface area contributed by atoms with E-state index in [9.17, 15) is 9.59 Å². The minimum absolute atomic E-state index is 0.0673. The molecule has 1 atom stereocenters. The fraction of sp³-hybridized carbons (Fsp3) is 0.368. The highest BCUT2D eigenvalue weighted by Crippen LogP contribution is 2.16. The average molecular weight is 326 g/mol. The predicted octanol–water partition coefficient (Wildman–Crippen LogP) is 2.09. The molecule has 24 heavy (non-hydrogen) atoms. The molecule has 1 N–H and O–H groups in total. The van der Waals surface area contributed by atoms with Gasteiger partial charge in [0.15, 0.2) is 0 Å². The van der Waals surface area contributed by atoms with Gasteiger partial charge in [-0.2, -0.15) is 0 Å². The lowest BCUT2D eigenvalue weighted by molar-refractivity contribution is -0.139. The Morgan fingerprint density at radius 1 is 1.25 bits per heavy atom. The van der Waals surface area contributed by atoms with Gasteiger partial charge in [0.25, 0.3) is 0 Å². The fourth-order valence-corrected chi connectivity index (χ4v) is 3.05. The first-order valence-electron chi connectivity index (χ1n) is 8.30. The first-order valence-corrected chi connectivity index (χ1v) is 8.30. The van der Waals surface area contributed by atoms with Crippen molar-refractivity contribution in [1.29, 1.82) is 0 Å². The van der Waals surface area contributed by atoms with E-state index in [1.165, 1.54) is 0 Å². The Kier molecular flexibility index (Phi) is 4.99. The van der Waals surface area contributed by atoms with E-state index in [4.69, 9.17) is 4.42 Å². The third kappa shape index (κ3) is 3.85. The number of rotatable bonds is 4. The highest BCUT2D eigenvalue weighted by molar-refractivity contribution is 5.89. The summed E-state index contributed by atoms with van der Waals surface area (Å²) >= 11 is 0. The summed E-state index contributed by atoms with van der Waals surface area (Å²) in [6.07, 6.45) is 1.47. The summed E-state index contributed by atoms with van der Waals surface area (Å²) in [5.74, 6) is 1.27. The zero-order valence-corrected chi connectivity index (χ0v) is 13.8. The van der Waals surface area contributed by atoms with Crippen LogP contribution in [0.4, 0.5) is 0 Å². The SMILES string of the molecule is Cc1ccc(CC(=O)N2CCCNC(=O)C2Cc2ccccc2)o1. The molecular weight excluding hydrogens is 304 g/mol. The minimum atomic E-state index is -0.474. The van der Waals surface area contributed by atoms with Crippen LogP contribution in [-0.2, 0) is 22.4 Å². The topological polar surface area (TPSA) is 62.6 Å². The molecule has 1 saturated heterocycles. The quantitative estimate of drug-likeness (QED) is 0.936. The number of carbonyl (C=O) groups is 2. The van der Waals surface area contributed by atoms with Crippen LogP contribution in [0.5, 0.6) is 0 Å². The lowest BCUT2D eigenvalue weighted by Gasteiger charge is -2.28. The van der Waals surface area contributed by atoms with Crippen molar-refractivity contribution in [3.63, 3.8) is 0 Å². The number of hydrogen-bond donors (Lipinski definition) is 1. The molecular formula is C19H22N2O3. The summed E-state index contributed by atoms with van der Waals surface area (Å²) in [4.78, 5) is 26.9. The molecule has 2 amide bonds. The molecule has 0 spiro atoms. The van der Waals surface area contributed by atoms with E-state index in [-0.39, 0.29) is 18.2 Å². The number of hydrogen-bond acceptors (Lipinski definition) is 3. The van der Waals surface area contributed by atoms with E-state index in [0.29, 0.717) is 25.3 Å². The van der Waals surface area contributed by atoms with Gasteiger partial charge in [-0.05, 0) is 31.0 Å². The second-order valence-electron chi connectivity index (χ2n) is 6.13. The molecule has 3 rings (SSSR count). The van der Waals surface area contributed by atoms with Gasteiger partial charge in [0.05, 0.1) is 6.42 Å². The van der Waals surface area contributed by atoms with Crippen molar-refractivity contribution >= 4 is 11.8 Å². The number of nitrogens with zero attached hydrogens (tertiary/aromatic N) is 1. The van der Waals surface area contributed by atoms with Gasteiger partial charge in [-0.3, -0.25) is 9.59 Å². The Bertz CT molecular complexity index is 708. The Morgan fingerprint density at radius 3 is 2.75 bits per heavy atom. The normalized spacial score (nSPS) is 18.1. The van der Waals surface area contributed by atoms with Crippen LogP contribution in [-0.4, -0.2) is 35.8 Å². The van der Waals surface area contributed by atoms with E-state index >= 15 is 0 Å². The van der Waals surface area contributed by atoms with Gasteiger partial charge >= 0.3 is 0 Å². The number of aryl methyl sites for hydroxylation is 1. The summed E-state index contributed by atoms with van der Waals surface area (Å²) in [7, 11) is 0. The number of amides is 2. The standard InChI is InChI=1S/C19H22N2O3/c1-14-8-9-16(24-14)13-18(22)21-11-5-10-20-19(23)17(21)12-15-6-3-2-4-7-15/h2-4,6-9,17H,5,10-13H2,1H3,(H,20,23). The zero-order chi connectivity index (χ0) is 16.9. The predicted molar refractivity (Wildman–Crippen MR) is 90.4 cm³/mol. The van der Waals surface area contributed by atoms with Crippen molar-refractivity contribution in [2.24, 2.45) is 0 Å². The van der Waals surface area contributed by atoms with Gasteiger partial charge in [0.2, 0.25) is 11.8 Å². The summed E-state index contributed by atoms with van der Waals surface area (Å²) in [6.45, 7) is 3.04. The largest absolute Gasteiger partial charge is 0.466 e. The molecule has 1 fully saturated rings. The van der Waals surface area contributed by atoms with Crippen LogP contribution in [0.15, 0.2) is 46.9 Å². The summed E-state index contributed by atoms with van der Waals surface area (Å²) in [5.41, 5.74) is 1.05. The summed E-state index contributed by atoms with van der Waals surface area (Å²) in [5, 5.41) is 2.91. The first kappa shape index (κ1) is 16.3. The highest BCUT2D eigenvalue weighted by atomic mass is 16.3. The highest BCUT2D eigenvalue weighted by Gasteiger charge is 2.31. The van der Waals surface area contributed by atoms with Crippen LogP contribution in [0.1, 0.15) is 23.5 Å². The summed E-state index contributed by atoms with van der Waals surface area (Å²) < 4.78 is 5.51. The minimum Gasteiger partial charge on any atom is -0.466 e. The molecule has 0 bridgehead atoms. The van der Waals surface area contributed by atoms with E-state index in [1.54, 1.807) is 4.90 Å². The van der Waals surface area contributed by atoms with Crippen molar-refractivity contribution < 1.29 is 14.0 Å². The van der Waals surface area contributed by atoms with Crippen LogP contribution >= 0.6 is 0 Å². The van der Waals surface area contributed by atoms with Crippen molar-refractivity contribution in [2.75, 3.05) is 13.1 Å². The molecule has 0 radical (unpaired) electrons. The molecule has 2 aromatic rings. The number of nitrogens with one attached hydrogen (secondary N) is 1. The monoisotopic (exact) mass is 326 g/mol. The zero-order valence-electron chi connectivity index (χ0n) is 13.8. The van der Waals surface area contributed by atoms with Gasteiger partial charge in [0.1, 0.15) is 17.6 Å². The lowest BCUT2D eigenvalue weighted by atomic mass is 10.0. The van der Waals surface area contributed by atoms with Crippen LogP contribution < -0.4 is 5.32 Å². The van der Waals surface area contributed by atoms with Gasteiger partial charge in [-0.25, -0.2) is 0 Å². The van der Waals surface area contributed by atoms with E-state index in [0.717, 1.165) is 17.7 Å². The van der Waals surface area contributed by atoms with Crippen LogP contribution in [0.25, 0.3) is 0 Å². The molecule has 5 heteroatoms. The van der Waals surface area contributed by atoms with Gasteiger partial charge in [-0.1, -0.05) is 30.3 Å². The molecule has 1 aliphatic rings. The number of benzene rings is 1. The molecule has 0 aliphatic carbocycles. The Balaban J connectivity index is 1.78. The first-order chi connectivity index (χ1) is 11.6. The molecule has 126 valence electrons. The van der Waals surface area contributed by atoms with Gasteiger partial charge < -0.3 is 14.6 Å². The van der Waals surface area contributed by atoms with Crippen molar-refractivity contribution in [1.82, 2.24) is 10.2 Å². The Morgan fingerprint density at radius 2 is 2.04 bits per heavy atom. The summed E-state index contributed by atoms with van der Waals surface area (Å²) in [6, 6.07) is 13.0. The third-order valence-electron chi connectivity index (χ3n) is 4.27. The molecule has 1 aliphatic heterocycles. The Hall–Kier alpha value is -2.56. The van der Waals surface area contributed by atoms with E-state index < -0.39 is 6.04 Å². The molecule has 5 nitrogen and oxygen atoms in total. The maximum Gasteiger partial charge on any atom is 0.243 e. The Labute approximate surface area is 141 Å². The number of furan rings is 1. The number of carbonyl (C=O) groups excluding carboxylic acids is 2. The lowest BCUT2D eigenvalue weighted by Crippen LogP contribution is -2.49. The third-order valence-corrected chi connectivity index (χ3v) is 4.27. The second-order valence-corrected chi connectivity index (χ2v) is 6.13. The van der Waals surface area contributed by atoms with Crippen LogP contribution in [0.3, 0.4) is 0 Å². The molecule has 1 unspecified atom stereocenters. The fourth-order valence-electron chi connectivity index (χ4n) is 3.05. The van der Waals surface area contributed by atoms with Crippen molar-refractivity contribution in [2.45, 2.75) is 32.2 Å². The molecule has 1 aromatic carbocycles. The van der Waals surface area contributed by atoms with Gasteiger partial charge in [-0.15, -0.1) is 0 Å². The smallest absolute Gasteiger partial charge is 0.243 e. The van der Waals surface area contributed by atoms with Crippen molar-refractivity contribution in [3.05, 3.63) is 59.5 Å². The maximum absolute atomic E-state index is 12.8. The van der Waals surface area contributed by atoms with Crippen LogP contribution in [0.2, 0.25) is 0 Å². The second kappa shape index (κ2) is 7.34. The van der Waals surface area contributed by atoms with Crippen molar-refractivity contribution in [3.8, 4) is 0 Å². The van der Waals surface area contributed by atoms with Gasteiger partial charge in [0, 0.05) is 19.5 Å². The maximum atomic E-state index is 12.8. The van der Waals surface area contributed by atoms with E-state index in [2.05, 4.69) is 5.32 Å². The molecule has 1 aromatic heterocycles. The average Bonchev–Trinajstić information content (AvgIpc) is 2.89.